The predicted molar refractivity (Wildman–Crippen MR) is 140 cm³/mol. The van der Waals surface area contributed by atoms with Gasteiger partial charge in [0.05, 0.1) is 24.1 Å². The molecule has 0 amide bonds. The summed E-state index contributed by atoms with van der Waals surface area (Å²) in [7, 11) is -3.12. The van der Waals surface area contributed by atoms with Gasteiger partial charge in [0.15, 0.2) is 11.6 Å². The van der Waals surface area contributed by atoms with E-state index in [1.165, 1.54) is 6.26 Å². The summed E-state index contributed by atoms with van der Waals surface area (Å²) < 4.78 is 38.7. The van der Waals surface area contributed by atoms with Crippen LogP contribution in [0.15, 0.2) is 42.6 Å². The summed E-state index contributed by atoms with van der Waals surface area (Å²) in [6, 6.07) is 8.11. The molecule has 0 radical (unpaired) electrons. The number of hydrogen-bond donors (Lipinski definition) is 4. The van der Waals surface area contributed by atoms with Gasteiger partial charge in [0, 0.05) is 36.5 Å². The molecule has 2 aromatic heterocycles. The van der Waals surface area contributed by atoms with Gasteiger partial charge in [-0.05, 0) is 41.3 Å². The number of phenols is 1. The number of rotatable bonds is 8. The van der Waals surface area contributed by atoms with Crippen molar-refractivity contribution in [3.63, 3.8) is 0 Å². The number of nitrogens with one attached hydrogen (secondary N) is 2. The molecule has 4 aromatic rings. The molecule has 4 N–H and O–H groups in total. The summed E-state index contributed by atoms with van der Waals surface area (Å²) in [5.41, 5.74) is 4.21. The Labute approximate surface area is 213 Å². The fourth-order valence-electron chi connectivity index (χ4n) is 4.78. The van der Waals surface area contributed by atoms with Crippen molar-refractivity contribution in [2.45, 2.75) is 19.4 Å². The summed E-state index contributed by atoms with van der Waals surface area (Å²) in [5.74, 6) is 0.172. The number of aryl methyl sites for hydroxylation is 1. The Hall–Kier alpha value is -3.54. The Bertz CT molecular complexity index is 1610. The Morgan fingerprint density at radius 1 is 1.22 bits per heavy atom. The van der Waals surface area contributed by atoms with Crippen LogP contribution in [0.4, 0.5) is 4.39 Å². The van der Waals surface area contributed by atoms with Gasteiger partial charge < -0.3 is 15.2 Å². The number of aliphatic hydroxyl groups is 1. The van der Waals surface area contributed by atoms with E-state index < -0.39 is 15.7 Å². The van der Waals surface area contributed by atoms with Gasteiger partial charge in [0.1, 0.15) is 26.8 Å². The summed E-state index contributed by atoms with van der Waals surface area (Å²) in [4.78, 5) is 9.67. The van der Waals surface area contributed by atoms with Crippen LogP contribution in [0.1, 0.15) is 18.2 Å². The van der Waals surface area contributed by atoms with E-state index in [1.807, 2.05) is 17.9 Å². The normalized spacial score (nSPS) is 16.5. The number of aromatic amines is 2. The number of aliphatic hydroxyl groups excluding tert-OH is 1. The molecular weight excluding hydrogens is 497 g/mol. The van der Waals surface area contributed by atoms with Gasteiger partial charge >= 0.3 is 0 Å². The molecule has 0 aliphatic carbocycles. The van der Waals surface area contributed by atoms with Gasteiger partial charge in [-0.3, -0.25) is 10.00 Å². The van der Waals surface area contributed by atoms with Crippen molar-refractivity contribution >= 4 is 26.3 Å². The van der Waals surface area contributed by atoms with Gasteiger partial charge in [-0.1, -0.05) is 25.1 Å². The highest BCUT2D eigenvalue weighted by Crippen LogP contribution is 2.35. The largest absolute Gasteiger partial charge is 0.508 e. The lowest BCUT2D eigenvalue weighted by Gasteiger charge is -2.22. The number of halogens is 1. The van der Waals surface area contributed by atoms with E-state index in [0.717, 1.165) is 11.1 Å². The van der Waals surface area contributed by atoms with Gasteiger partial charge in [0.25, 0.3) is 0 Å². The first-order valence-corrected chi connectivity index (χ1v) is 14.0. The second kappa shape index (κ2) is 9.73. The molecule has 194 valence electrons. The quantitative estimate of drug-likeness (QED) is 0.278. The van der Waals surface area contributed by atoms with Crippen LogP contribution in [0.2, 0.25) is 0 Å². The lowest BCUT2D eigenvalue weighted by molar-refractivity contribution is 0.182. The fourth-order valence-corrected chi connectivity index (χ4v) is 5.34. The van der Waals surface area contributed by atoms with E-state index in [4.69, 9.17) is 0 Å². The Morgan fingerprint density at radius 3 is 2.73 bits per heavy atom. The number of fused-ring (bicyclic) bond motifs is 1. The van der Waals surface area contributed by atoms with Crippen LogP contribution in [0.25, 0.3) is 39.1 Å². The average Bonchev–Trinajstić information content (AvgIpc) is 3.60. The molecule has 0 saturated carbocycles. The van der Waals surface area contributed by atoms with Crippen molar-refractivity contribution in [1.82, 2.24) is 25.1 Å². The number of nitrogens with zero attached hydrogens (tertiary/aromatic N) is 3. The van der Waals surface area contributed by atoms with Crippen LogP contribution in [0.3, 0.4) is 0 Å². The highest BCUT2D eigenvalue weighted by Gasteiger charge is 2.27. The molecule has 0 fully saturated rings. The zero-order valence-electron chi connectivity index (χ0n) is 20.5. The zero-order chi connectivity index (χ0) is 26.3. The van der Waals surface area contributed by atoms with Crippen molar-refractivity contribution in [2.24, 2.45) is 0 Å². The van der Waals surface area contributed by atoms with Gasteiger partial charge in [-0.15, -0.1) is 0 Å². The molecule has 1 aliphatic heterocycles. The minimum atomic E-state index is -3.12. The summed E-state index contributed by atoms with van der Waals surface area (Å²) in [5, 5.41) is 27.3. The first-order valence-electron chi connectivity index (χ1n) is 12.0. The minimum absolute atomic E-state index is 0.00708. The molecule has 0 spiro atoms. The average molecular weight is 526 g/mol. The maximum Gasteiger partial charge on any atom is 0.159 e. The topological polar surface area (TPSA) is 135 Å². The van der Waals surface area contributed by atoms with Crippen LogP contribution < -0.4 is 0 Å². The highest BCUT2D eigenvalue weighted by molar-refractivity contribution is 7.90. The smallest absolute Gasteiger partial charge is 0.159 e. The van der Waals surface area contributed by atoms with Crippen LogP contribution in [0.5, 0.6) is 5.75 Å². The third-order valence-electron chi connectivity index (χ3n) is 6.74. The first-order chi connectivity index (χ1) is 17.7. The van der Waals surface area contributed by atoms with E-state index in [-0.39, 0.29) is 29.7 Å². The molecule has 1 aliphatic rings. The van der Waals surface area contributed by atoms with Crippen molar-refractivity contribution in [3.8, 4) is 28.4 Å². The number of sulfone groups is 1. The number of imidazole rings is 1. The number of aromatic nitrogens is 4. The molecule has 9 nitrogen and oxygen atoms in total. The maximum absolute atomic E-state index is 15.6. The van der Waals surface area contributed by atoms with Gasteiger partial charge in [-0.25, -0.2) is 17.8 Å². The Morgan fingerprint density at radius 2 is 2.00 bits per heavy atom. The number of hydrogen-bond acceptors (Lipinski definition) is 7. The Balaban J connectivity index is 1.44. The van der Waals surface area contributed by atoms with E-state index in [2.05, 4.69) is 20.2 Å². The van der Waals surface area contributed by atoms with Crippen LogP contribution >= 0.6 is 0 Å². The van der Waals surface area contributed by atoms with Crippen LogP contribution in [-0.4, -0.2) is 81.4 Å². The lowest BCUT2D eigenvalue weighted by atomic mass is 9.96. The molecule has 1 atom stereocenters. The van der Waals surface area contributed by atoms with Crippen molar-refractivity contribution in [3.05, 3.63) is 59.7 Å². The standard InChI is InChI=1S/C26H28FN5O4S/c1-3-15-11-18(34)4-5-19(15)20-6-7-21-24(23(20)27)30-31-25(21)26-28-12-22(29-26)16-10-17(14-33)32(13-16)8-9-37(2,35)36/h4-7,10-12,17,33-34H,3,8-9,13-14H2,1-2H3,(H,28,29)(H,30,31)/t17-/m1/s1. The van der Waals surface area contributed by atoms with Crippen molar-refractivity contribution < 1.29 is 23.0 Å². The summed E-state index contributed by atoms with van der Waals surface area (Å²) in [6.45, 7) is 2.59. The fraction of sp³-hybridized carbons (Fsp3) is 0.308. The van der Waals surface area contributed by atoms with Crippen LogP contribution in [-0.2, 0) is 16.3 Å². The highest BCUT2D eigenvalue weighted by atomic mass is 32.2. The third-order valence-corrected chi connectivity index (χ3v) is 7.66. The predicted octanol–water partition coefficient (Wildman–Crippen LogP) is 3.13. The molecule has 0 unspecified atom stereocenters. The van der Waals surface area contributed by atoms with Crippen LogP contribution in [0, 0.1) is 5.82 Å². The van der Waals surface area contributed by atoms with Crippen molar-refractivity contribution in [2.75, 3.05) is 31.7 Å². The molecule has 3 heterocycles. The maximum atomic E-state index is 15.6. The van der Waals surface area contributed by atoms with Crippen molar-refractivity contribution in [1.29, 1.82) is 0 Å². The lowest BCUT2D eigenvalue weighted by Crippen LogP contribution is -2.36. The zero-order valence-corrected chi connectivity index (χ0v) is 21.3. The Kier molecular flexibility index (Phi) is 6.61. The number of phenolic OH excluding ortho intramolecular Hbond substituents is 1. The van der Waals surface area contributed by atoms with E-state index >= 15 is 4.39 Å². The molecule has 0 saturated heterocycles. The van der Waals surface area contributed by atoms with E-state index in [9.17, 15) is 18.6 Å². The summed E-state index contributed by atoms with van der Waals surface area (Å²) in [6.07, 6.45) is 5.45. The number of H-pyrrole nitrogens is 2. The van der Waals surface area contributed by atoms with Gasteiger partial charge in [0.2, 0.25) is 0 Å². The molecule has 0 bridgehead atoms. The molecule has 5 rings (SSSR count). The SMILES string of the molecule is CCc1cc(O)ccc1-c1ccc2c(-c3nc(C4=C[C@H](CO)N(CCS(C)(=O)=O)C4)c[nH]3)n[nH]c2c1F. The third kappa shape index (κ3) is 4.89. The van der Waals surface area contributed by atoms with E-state index in [1.54, 1.807) is 36.5 Å². The number of benzene rings is 2. The summed E-state index contributed by atoms with van der Waals surface area (Å²) >= 11 is 0. The second-order valence-electron chi connectivity index (χ2n) is 9.29. The molecule has 11 heteroatoms. The van der Waals surface area contributed by atoms with E-state index in [0.29, 0.717) is 53.2 Å². The molecule has 37 heavy (non-hydrogen) atoms. The molecule has 2 aromatic carbocycles. The monoisotopic (exact) mass is 525 g/mol. The molecular formula is C26H28FN5O4S. The first kappa shape index (κ1) is 25.1. The van der Waals surface area contributed by atoms with Gasteiger partial charge in [-0.2, -0.15) is 5.10 Å². The second-order valence-corrected chi connectivity index (χ2v) is 11.6. The number of aromatic hydroxyl groups is 1. The minimum Gasteiger partial charge on any atom is -0.508 e.